The van der Waals surface area contributed by atoms with Crippen molar-refractivity contribution in [1.82, 2.24) is 0 Å². The molecule has 10 rings (SSSR count). The summed E-state index contributed by atoms with van der Waals surface area (Å²) in [6.45, 7) is 4.51. The summed E-state index contributed by atoms with van der Waals surface area (Å²) in [5.41, 5.74) is 8.03. The van der Waals surface area contributed by atoms with Crippen molar-refractivity contribution in [3.8, 4) is 11.1 Å². The van der Waals surface area contributed by atoms with Crippen molar-refractivity contribution in [2.24, 2.45) is 15.0 Å². The molecule has 0 unspecified atom stereocenters. The van der Waals surface area contributed by atoms with Gasteiger partial charge < -0.3 is 8.83 Å². The summed E-state index contributed by atoms with van der Waals surface area (Å²) in [6.07, 6.45) is 0. The average Bonchev–Trinajstić information content (AvgIpc) is 3.79. The Hall–Kier alpha value is -7.11. The van der Waals surface area contributed by atoms with Crippen LogP contribution in [0.5, 0.6) is 0 Å². The van der Waals surface area contributed by atoms with Crippen LogP contribution in [0, 0.1) is 0 Å². The number of hydrogen-bond acceptors (Lipinski definition) is 3. The number of aliphatic imine (C=N–C) groups is 3. The van der Waals surface area contributed by atoms with Crippen molar-refractivity contribution in [3.05, 3.63) is 180 Å². The number of furan rings is 2. The third-order valence-electron chi connectivity index (χ3n) is 10.0. The maximum atomic E-state index is 6.51. The van der Waals surface area contributed by atoms with Crippen LogP contribution in [0.4, 0.5) is 0 Å². The Balaban J connectivity index is 1.18. The first-order chi connectivity index (χ1) is 26.2. The zero-order valence-corrected chi connectivity index (χ0v) is 28.7. The van der Waals surface area contributed by atoms with Gasteiger partial charge in [0.25, 0.3) is 0 Å². The molecule has 5 heteroatoms. The maximum Gasteiger partial charge on any atom is 0.161 e. The molecule has 5 nitrogen and oxygen atoms in total. The number of rotatable bonds is 5. The van der Waals surface area contributed by atoms with Crippen LogP contribution >= 0.6 is 0 Å². The second-order valence-electron chi connectivity index (χ2n) is 13.2. The van der Waals surface area contributed by atoms with Gasteiger partial charge >= 0.3 is 0 Å². The van der Waals surface area contributed by atoms with Gasteiger partial charge in [-0.25, -0.2) is 9.98 Å². The van der Waals surface area contributed by atoms with E-state index in [0.29, 0.717) is 18.2 Å². The fourth-order valence-electron chi connectivity index (χ4n) is 7.48. The van der Waals surface area contributed by atoms with E-state index in [1.165, 1.54) is 16.2 Å². The van der Waals surface area contributed by atoms with E-state index in [4.69, 9.17) is 18.8 Å². The van der Waals surface area contributed by atoms with E-state index in [2.05, 4.69) is 115 Å². The number of para-hydroxylation sites is 2. The first-order valence-electron chi connectivity index (χ1n) is 17.6. The number of hydrogen-bond donors (Lipinski definition) is 0. The predicted octanol–water partition coefficient (Wildman–Crippen LogP) is 12.6. The lowest BCUT2D eigenvalue weighted by molar-refractivity contribution is 0.669. The molecule has 0 amide bonds. The van der Waals surface area contributed by atoms with Crippen LogP contribution in [0.25, 0.3) is 76.5 Å². The van der Waals surface area contributed by atoms with Crippen LogP contribution in [0.15, 0.2) is 188 Å². The highest BCUT2D eigenvalue weighted by atomic mass is 16.3. The highest BCUT2D eigenvalue weighted by Gasteiger charge is 2.19. The molecule has 0 spiro atoms. The lowest BCUT2D eigenvalue weighted by Crippen LogP contribution is -2.06. The van der Waals surface area contributed by atoms with Crippen LogP contribution in [0.3, 0.4) is 0 Å². The van der Waals surface area contributed by atoms with Gasteiger partial charge in [0, 0.05) is 32.7 Å². The number of nitrogens with zero attached hydrogens (tertiary/aromatic N) is 3. The Morgan fingerprint density at radius 1 is 0.472 bits per heavy atom. The number of amidine groups is 2. The van der Waals surface area contributed by atoms with Crippen molar-refractivity contribution < 1.29 is 8.83 Å². The summed E-state index contributed by atoms with van der Waals surface area (Å²) in [4.78, 5) is 15.0. The standard InChI is InChI=1S/C48H31N3O2/c1-49-48(51-47(50-29-30-11-3-2-4-12-30)34-21-23-37-33(25-34)20-19-31-13-5-6-14-36(31)37)41-27-35(28-45-46(41)39-16-8-10-18-43(39)53-45)32-22-24-44-40(26-32)38-15-7-9-17-42(38)52-44/h2-28H,1,29H2/b50-47-,51-48-. The molecule has 2 heterocycles. The van der Waals surface area contributed by atoms with Crippen LogP contribution in [0.2, 0.25) is 0 Å². The van der Waals surface area contributed by atoms with Crippen LogP contribution < -0.4 is 0 Å². The molecule has 0 aliphatic rings. The Kier molecular flexibility index (Phi) is 7.29. The minimum Gasteiger partial charge on any atom is -0.456 e. The van der Waals surface area contributed by atoms with Gasteiger partial charge in [0.2, 0.25) is 0 Å². The van der Waals surface area contributed by atoms with Crippen molar-refractivity contribution in [2.45, 2.75) is 6.54 Å². The molecule has 0 aliphatic carbocycles. The van der Waals surface area contributed by atoms with Gasteiger partial charge in [0.05, 0.1) is 6.54 Å². The van der Waals surface area contributed by atoms with E-state index in [9.17, 15) is 0 Å². The van der Waals surface area contributed by atoms with Crippen molar-refractivity contribution in [2.75, 3.05) is 0 Å². The SMILES string of the molecule is C=N/C(=N\C(=N/Cc1ccccc1)c1ccc2c(ccc3ccccc32)c1)c1cc(-c2ccc3oc4ccccc4c3c2)cc2oc3ccccc3c12. The van der Waals surface area contributed by atoms with Gasteiger partial charge in [-0.3, -0.25) is 4.99 Å². The fraction of sp³-hybridized carbons (Fsp3) is 0.0208. The summed E-state index contributed by atoms with van der Waals surface area (Å²) in [5.74, 6) is 1.03. The molecule has 0 fully saturated rings. The molecule has 0 saturated heterocycles. The number of fused-ring (bicyclic) bond motifs is 9. The minimum absolute atomic E-state index is 0.461. The largest absolute Gasteiger partial charge is 0.456 e. The second kappa shape index (κ2) is 12.6. The molecule has 250 valence electrons. The van der Waals surface area contributed by atoms with Crippen molar-refractivity contribution in [3.63, 3.8) is 0 Å². The van der Waals surface area contributed by atoms with Gasteiger partial charge in [0.15, 0.2) is 11.7 Å². The molecule has 2 aromatic heterocycles. The van der Waals surface area contributed by atoms with Crippen molar-refractivity contribution >= 4 is 83.8 Å². The van der Waals surface area contributed by atoms with Crippen molar-refractivity contribution in [1.29, 1.82) is 0 Å². The first-order valence-corrected chi connectivity index (χ1v) is 17.6. The van der Waals surface area contributed by atoms with E-state index in [1.807, 2.05) is 60.7 Å². The monoisotopic (exact) mass is 681 g/mol. The van der Waals surface area contributed by atoms with E-state index < -0.39 is 0 Å². The Morgan fingerprint density at radius 3 is 2.00 bits per heavy atom. The maximum absolute atomic E-state index is 6.51. The smallest absolute Gasteiger partial charge is 0.161 e. The molecule has 8 aromatic carbocycles. The Bertz CT molecular complexity index is 3110. The fourth-order valence-corrected chi connectivity index (χ4v) is 7.48. The zero-order chi connectivity index (χ0) is 35.3. The van der Waals surface area contributed by atoms with Crippen LogP contribution in [0.1, 0.15) is 16.7 Å². The van der Waals surface area contributed by atoms with Gasteiger partial charge in [-0.15, -0.1) is 0 Å². The van der Waals surface area contributed by atoms with E-state index in [1.54, 1.807) is 0 Å². The van der Waals surface area contributed by atoms with Gasteiger partial charge in [-0.1, -0.05) is 121 Å². The van der Waals surface area contributed by atoms with Crippen LogP contribution in [-0.4, -0.2) is 18.4 Å². The van der Waals surface area contributed by atoms with Crippen LogP contribution in [-0.2, 0) is 6.54 Å². The Labute approximate surface area is 304 Å². The molecule has 0 radical (unpaired) electrons. The zero-order valence-electron chi connectivity index (χ0n) is 28.7. The third kappa shape index (κ3) is 5.38. The van der Waals surface area contributed by atoms with Gasteiger partial charge in [0.1, 0.15) is 22.3 Å². The molecule has 0 saturated carbocycles. The normalized spacial score (nSPS) is 12.5. The molecule has 0 aliphatic heterocycles. The first kappa shape index (κ1) is 30.7. The van der Waals surface area contributed by atoms with E-state index >= 15 is 0 Å². The topological polar surface area (TPSA) is 63.4 Å². The molecular formula is C48H31N3O2. The summed E-state index contributed by atoms with van der Waals surface area (Å²) >= 11 is 0. The molecule has 53 heavy (non-hydrogen) atoms. The molecule has 10 aromatic rings. The second-order valence-corrected chi connectivity index (χ2v) is 13.2. The molecule has 0 atom stereocenters. The van der Waals surface area contributed by atoms with E-state index in [0.717, 1.165) is 77.1 Å². The highest BCUT2D eigenvalue weighted by Crippen LogP contribution is 2.38. The third-order valence-corrected chi connectivity index (χ3v) is 10.0. The van der Waals surface area contributed by atoms with Gasteiger partial charge in [-0.05, 0) is 87.4 Å². The summed E-state index contributed by atoms with van der Waals surface area (Å²) in [6, 6.07) is 56.2. The molecule has 0 bridgehead atoms. The lowest BCUT2D eigenvalue weighted by Gasteiger charge is -2.11. The summed E-state index contributed by atoms with van der Waals surface area (Å²) < 4.78 is 12.7. The minimum atomic E-state index is 0.461. The molecular weight excluding hydrogens is 651 g/mol. The highest BCUT2D eigenvalue weighted by molar-refractivity contribution is 6.23. The quantitative estimate of drug-likeness (QED) is 0.103. The predicted molar refractivity (Wildman–Crippen MR) is 221 cm³/mol. The van der Waals surface area contributed by atoms with Gasteiger partial charge in [-0.2, -0.15) is 0 Å². The number of benzene rings is 8. The van der Waals surface area contributed by atoms with E-state index in [-0.39, 0.29) is 0 Å². The average molecular weight is 682 g/mol. The Morgan fingerprint density at radius 2 is 1.15 bits per heavy atom. The summed E-state index contributed by atoms with van der Waals surface area (Å²) in [5, 5.41) is 8.76. The lowest BCUT2D eigenvalue weighted by atomic mass is 9.97. The molecule has 0 N–H and O–H groups in total. The summed E-state index contributed by atoms with van der Waals surface area (Å²) in [7, 11) is 0.